The van der Waals surface area contributed by atoms with Crippen LogP contribution in [0.2, 0.25) is 0 Å². The lowest BCUT2D eigenvalue weighted by atomic mass is 9.80. The Balaban J connectivity index is 1.79. The first kappa shape index (κ1) is 16.5. The second kappa shape index (κ2) is 6.90. The summed E-state index contributed by atoms with van der Waals surface area (Å²) in [5.74, 6) is 0.0563. The first-order valence-electron chi connectivity index (χ1n) is 7.40. The molecule has 1 saturated heterocycles. The Bertz CT molecular complexity index is 504. The maximum Gasteiger partial charge on any atom is 0.225 e. The van der Waals surface area contributed by atoms with Gasteiger partial charge in [-0.05, 0) is 36.6 Å². The number of halogens is 1. The van der Waals surface area contributed by atoms with E-state index in [4.69, 9.17) is 5.73 Å². The van der Waals surface area contributed by atoms with Crippen LogP contribution in [0.5, 0.6) is 0 Å². The van der Waals surface area contributed by atoms with Crippen molar-refractivity contribution in [1.82, 2.24) is 4.90 Å². The molecule has 1 aliphatic heterocycles. The third-order valence-corrected chi connectivity index (χ3v) is 4.65. The molecule has 3 N–H and O–H groups in total. The number of nitrogens with zero attached hydrogens (tertiary/aromatic N) is 1. The Morgan fingerprint density at radius 1 is 1.52 bits per heavy atom. The number of amides is 1. The molecule has 21 heavy (non-hydrogen) atoms. The first-order valence-corrected chi connectivity index (χ1v) is 8.19. The minimum Gasteiger partial charge on any atom is -0.327 e. The molecule has 1 aromatic carbocycles. The van der Waals surface area contributed by atoms with E-state index in [-0.39, 0.29) is 17.4 Å². The fourth-order valence-corrected chi connectivity index (χ4v) is 3.12. The van der Waals surface area contributed by atoms with Crippen LogP contribution in [0.4, 0.5) is 5.69 Å². The average Bonchev–Trinajstić information content (AvgIpc) is 2.40. The van der Waals surface area contributed by atoms with Gasteiger partial charge in [-0.15, -0.1) is 0 Å². The summed E-state index contributed by atoms with van der Waals surface area (Å²) in [7, 11) is 0. The Morgan fingerprint density at radius 3 is 2.95 bits per heavy atom. The molecule has 1 unspecified atom stereocenters. The van der Waals surface area contributed by atoms with Crippen LogP contribution in [0.1, 0.15) is 26.7 Å². The molecule has 2 rings (SSSR count). The molecule has 4 nitrogen and oxygen atoms in total. The van der Waals surface area contributed by atoms with Crippen LogP contribution in [0.15, 0.2) is 28.7 Å². The molecule has 0 bridgehead atoms. The van der Waals surface area contributed by atoms with Crippen LogP contribution in [0.3, 0.4) is 0 Å². The van der Waals surface area contributed by atoms with E-state index >= 15 is 0 Å². The van der Waals surface area contributed by atoms with Crippen molar-refractivity contribution in [2.75, 3.05) is 25.0 Å². The highest BCUT2D eigenvalue weighted by Gasteiger charge is 2.33. The van der Waals surface area contributed by atoms with Gasteiger partial charge in [-0.25, -0.2) is 0 Å². The highest BCUT2D eigenvalue weighted by atomic mass is 79.9. The van der Waals surface area contributed by atoms with Crippen molar-refractivity contribution in [3.8, 4) is 0 Å². The zero-order chi connectivity index (χ0) is 15.5. The van der Waals surface area contributed by atoms with E-state index in [1.165, 1.54) is 0 Å². The molecule has 1 aromatic rings. The molecule has 1 fully saturated rings. The van der Waals surface area contributed by atoms with Crippen molar-refractivity contribution in [1.29, 1.82) is 0 Å². The van der Waals surface area contributed by atoms with E-state index in [2.05, 4.69) is 40.0 Å². The molecular formula is C16H24BrN3O. The molecule has 0 aromatic heterocycles. The second-order valence-electron chi connectivity index (χ2n) is 6.47. The van der Waals surface area contributed by atoms with Gasteiger partial charge in [0.2, 0.25) is 5.91 Å². The van der Waals surface area contributed by atoms with Gasteiger partial charge in [-0.3, -0.25) is 4.79 Å². The molecular weight excluding hydrogens is 330 g/mol. The largest absolute Gasteiger partial charge is 0.327 e. The number of nitrogens with two attached hydrogens (primary N) is 1. The number of anilines is 1. The van der Waals surface area contributed by atoms with Crippen LogP contribution in [0.25, 0.3) is 0 Å². The van der Waals surface area contributed by atoms with Crippen molar-refractivity contribution in [3.05, 3.63) is 28.7 Å². The molecule has 0 aliphatic carbocycles. The monoisotopic (exact) mass is 353 g/mol. The van der Waals surface area contributed by atoms with Gasteiger partial charge in [0.1, 0.15) is 0 Å². The fourth-order valence-electron chi connectivity index (χ4n) is 2.73. The maximum atomic E-state index is 12.0. The van der Waals surface area contributed by atoms with E-state index in [1.54, 1.807) is 0 Å². The number of hydrogen-bond acceptors (Lipinski definition) is 3. The van der Waals surface area contributed by atoms with Crippen molar-refractivity contribution < 1.29 is 4.79 Å². The lowest BCUT2D eigenvalue weighted by molar-refractivity contribution is -0.116. The summed E-state index contributed by atoms with van der Waals surface area (Å²) in [6.07, 6.45) is 1.51. The van der Waals surface area contributed by atoms with Crippen molar-refractivity contribution >= 4 is 27.5 Å². The number of hydrogen-bond donors (Lipinski definition) is 2. The Morgan fingerprint density at radius 2 is 2.29 bits per heavy atom. The number of carbonyl (C=O) groups is 1. The zero-order valence-electron chi connectivity index (χ0n) is 12.7. The summed E-state index contributed by atoms with van der Waals surface area (Å²) in [5, 5.41) is 2.93. The van der Waals surface area contributed by atoms with Crippen LogP contribution in [0, 0.1) is 5.41 Å². The van der Waals surface area contributed by atoms with Crippen LogP contribution >= 0.6 is 15.9 Å². The number of likely N-dealkylation sites (tertiary alicyclic amines) is 1. The summed E-state index contributed by atoms with van der Waals surface area (Å²) in [6, 6.07) is 7.90. The van der Waals surface area contributed by atoms with Crippen molar-refractivity contribution in [2.24, 2.45) is 11.1 Å². The minimum atomic E-state index is 0.0563. The van der Waals surface area contributed by atoms with Crippen molar-refractivity contribution in [3.63, 3.8) is 0 Å². The van der Waals surface area contributed by atoms with Crippen LogP contribution < -0.4 is 11.1 Å². The maximum absolute atomic E-state index is 12.0. The van der Waals surface area contributed by atoms with E-state index in [1.807, 2.05) is 24.3 Å². The number of rotatable bonds is 4. The van der Waals surface area contributed by atoms with Crippen molar-refractivity contribution in [2.45, 2.75) is 32.7 Å². The molecule has 1 aliphatic rings. The van der Waals surface area contributed by atoms with Gasteiger partial charge < -0.3 is 16.0 Å². The molecule has 116 valence electrons. The molecule has 0 spiro atoms. The minimum absolute atomic E-state index is 0.0563. The lowest BCUT2D eigenvalue weighted by Crippen LogP contribution is -2.52. The summed E-state index contributed by atoms with van der Waals surface area (Å²) >= 11 is 3.40. The molecule has 1 amide bonds. The van der Waals surface area contributed by atoms with E-state index in [0.29, 0.717) is 6.42 Å². The number of carbonyl (C=O) groups excluding carboxylic acids is 1. The molecule has 1 atom stereocenters. The summed E-state index contributed by atoms with van der Waals surface area (Å²) in [6.45, 7) is 7.12. The van der Waals surface area contributed by atoms with Gasteiger partial charge in [0, 0.05) is 35.7 Å². The highest BCUT2D eigenvalue weighted by molar-refractivity contribution is 9.10. The van der Waals surface area contributed by atoms with Gasteiger partial charge in [-0.2, -0.15) is 0 Å². The quantitative estimate of drug-likeness (QED) is 0.874. The summed E-state index contributed by atoms with van der Waals surface area (Å²) in [5.41, 5.74) is 7.09. The van der Waals surface area contributed by atoms with E-state index < -0.39 is 0 Å². The predicted octanol–water partition coefficient (Wildman–Crippen LogP) is 2.84. The topological polar surface area (TPSA) is 58.4 Å². The van der Waals surface area contributed by atoms with Gasteiger partial charge in [-0.1, -0.05) is 35.8 Å². The van der Waals surface area contributed by atoms with Crippen LogP contribution in [-0.4, -0.2) is 36.5 Å². The highest BCUT2D eigenvalue weighted by Crippen LogP contribution is 2.27. The Labute approximate surface area is 135 Å². The molecule has 1 heterocycles. The van der Waals surface area contributed by atoms with Gasteiger partial charge in [0.25, 0.3) is 0 Å². The third-order valence-electron chi connectivity index (χ3n) is 4.15. The summed E-state index contributed by atoms with van der Waals surface area (Å²) < 4.78 is 0.965. The SMILES string of the molecule is CC1(C)CN(CCC(=O)Nc2cccc(Br)c2)CCC1N. The first-order chi connectivity index (χ1) is 9.87. The van der Waals surface area contributed by atoms with E-state index in [0.717, 1.165) is 36.2 Å². The fraction of sp³-hybridized carbons (Fsp3) is 0.562. The Kier molecular flexibility index (Phi) is 5.41. The van der Waals surface area contributed by atoms with Gasteiger partial charge >= 0.3 is 0 Å². The number of benzene rings is 1. The lowest BCUT2D eigenvalue weighted by Gasteiger charge is -2.42. The van der Waals surface area contributed by atoms with Gasteiger partial charge in [0.15, 0.2) is 0 Å². The third kappa shape index (κ3) is 4.80. The smallest absolute Gasteiger partial charge is 0.225 e. The predicted molar refractivity (Wildman–Crippen MR) is 90.2 cm³/mol. The number of nitrogens with one attached hydrogen (secondary N) is 1. The van der Waals surface area contributed by atoms with E-state index in [9.17, 15) is 4.79 Å². The average molecular weight is 354 g/mol. The zero-order valence-corrected chi connectivity index (χ0v) is 14.3. The Hall–Kier alpha value is -0.910. The molecule has 0 saturated carbocycles. The number of piperidine rings is 1. The molecule has 0 radical (unpaired) electrons. The molecule has 5 heteroatoms. The van der Waals surface area contributed by atoms with Crippen LogP contribution in [-0.2, 0) is 4.79 Å². The second-order valence-corrected chi connectivity index (χ2v) is 7.38. The van der Waals surface area contributed by atoms with Gasteiger partial charge in [0.05, 0.1) is 0 Å². The normalized spacial score (nSPS) is 22.0. The standard InChI is InChI=1S/C16H24BrN3O/c1-16(2)11-20(8-6-14(16)18)9-7-15(21)19-13-5-3-4-12(17)10-13/h3-5,10,14H,6-9,11,18H2,1-2H3,(H,19,21). The summed E-state index contributed by atoms with van der Waals surface area (Å²) in [4.78, 5) is 14.4.